The molecule has 0 bridgehead atoms. The highest BCUT2D eigenvalue weighted by molar-refractivity contribution is 5.61. The van der Waals surface area contributed by atoms with E-state index in [4.69, 9.17) is 10.5 Å². The van der Waals surface area contributed by atoms with Crippen LogP contribution in [0.1, 0.15) is 0 Å². The number of nitrogens with zero attached hydrogens (tertiary/aromatic N) is 1. The van der Waals surface area contributed by atoms with Crippen molar-refractivity contribution in [3.05, 3.63) is 72.9 Å². The molecule has 0 saturated heterocycles. The molecule has 0 fully saturated rings. The summed E-state index contributed by atoms with van der Waals surface area (Å²) in [5.74, 6) is 1.49. The van der Waals surface area contributed by atoms with Gasteiger partial charge >= 0.3 is 0 Å². The van der Waals surface area contributed by atoms with Gasteiger partial charge in [-0.2, -0.15) is 0 Å². The first kappa shape index (κ1) is 12.2. The molecule has 20 heavy (non-hydrogen) atoms. The Morgan fingerprint density at radius 1 is 0.800 bits per heavy atom. The first-order valence-electron chi connectivity index (χ1n) is 6.36. The summed E-state index contributed by atoms with van der Waals surface area (Å²) in [5.41, 5.74) is 8.37. The Morgan fingerprint density at radius 3 is 2.35 bits per heavy atom. The van der Waals surface area contributed by atoms with E-state index in [1.165, 1.54) is 0 Å². The molecular weight excluding hydrogens is 248 g/mol. The minimum atomic E-state index is 0.684. The molecule has 3 nitrogen and oxygen atoms in total. The van der Waals surface area contributed by atoms with Gasteiger partial charge in [-0.1, -0.05) is 24.3 Å². The lowest BCUT2D eigenvalue weighted by atomic mass is 10.1. The topological polar surface area (TPSA) is 48.1 Å². The van der Waals surface area contributed by atoms with Gasteiger partial charge in [0.05, 0.1) is 5.69 Å². The maximum absolute atomic E-state index is 5.81. The van der Waals surface area contributed by atoms with Crippen LogP contribution in [0.3, 0.4) is 0 Å². The second-order valence-corrected chi connectivity index (χ2v) is 4.42. The fourth-order valence-electron chi connectivity index (χ4n) is 1.97. The van der Waals surface area contributed by atoms with E-state index in [-0.39, 0.29) is 0 Å². The molecule has 0 saturated carbocycles. The molecule has 2 N–H and O–H groups in total. The molecule has 3 aromatic rings. The quantitative estimate of drug-likeness (QED) is 0.722. The Morgan fingerprint density at radius 2 is 1.60 bits per heavy atom. The highest BCUT2D eigenvalue weighted by Gasteiger charge is 2.02. The Bertz CT molecular complexity index is 711. The molecule has 0 spiro atoms. The third-order valence-corrected chi connectivity index (χ3v) is 2.89. The van der Waals surface area contributed by atoms with Crippen LogP contribution in [-0.2, 0) is 0 Å². The Balaban J connectivity index is 1.88. The molecule has 0 aliphatic carbocycles. The summed E-state index contributed by atoms with van der Waals surface area (Å²) in [7, 11) is 0. The van der Waals surface area contributed by atoms with Crippen molar-refractivity contribution < 1.29 is 4.74 Å². The van der Waals surface area contributed by atoms with Crippen LogP contribution in [0, 0.1) is 0 Å². The number of benzene rings is 2. The Hall–Kier alpha value is -2.81. The van der Waals surface area contributed by atoms with Crippen molar-refractivity contribution in [1.82, 2.24) is 4.98 Å². The van der Waals surface area contributed by atoms with Gasteiger partial charge in [-0.15, -0.1) is 0 Å². The maximum Gasteiger partial charge on any atom is 0.129 e. The number of pyridine rings is 1. The summed E-state index contributed by atoms with van der Waals surface area (Å²) in [6.07, 6.45) is 1.78. The van der Waals surface area contributed by atoms with Gasteiger partial charge in [-0.3, -0.25) is 4.98 Å². The number of aromatic nitrogens is 1. The van der Waals surface area contributed by atoms with Gasteiger partial charge in [-0.05, 0) is 36.4 Å². The summed E-state index contributed by atoms with van der Waals surface area (Å²) >= 11 is 0. The highest BCUT2D eigenvalue weighted by Crippen LogP contribution is 2.27. The molecule has 2 aromatic carbocycles. The van der Waals surface area contributed by atoms with Crippen molar-refractivity contribution in [1.29, 1.82) is 0 Å². The fourth-order valence-corrected chi connectivity index (χ4v) is 1.97. The van der Waals surface area contributed by atoms with E-state index in [9.17, 15) is 0 Å². The van der Waals surface area contributed by atoms with Gasteiger partial charge in [0, 0.05) is 23.5 Å². The maximum atomic E-state index is 5.81. The number of anilines is 1. The van der Waals surface area contributed by atoms with Crippen LogP contribution in [0.2, 0.25) is 0 Å². The average molecular weight is 262 g/mol. The van der Waals surface area contributed by atoms with Gasteiger partial charge in [0.2, 0.25) is 0 Å². The lowest BCUT2D eigenvalue weighted by Crippen LogP contribution is -1.88. The van der Waals surface area contributed by atoms with Crippen LogP contribution < -0.4 is 10.5 Å². The minimum absolute atomic E-state index is 0.684. The van der Waals surface area contributed by atoms with Gasteiger partial charge in [-0.25, -0.2) is 0 Å². The Labute approximate surface area is 117 Å². The van der Waals surface area contributed by atoms with E-state index in [1.54, 1.807) is 12.3 Å². The minimum Gasteiger partial charge on any atom is -0.457 e. The molecule has 0 amide bonds. The van der Waals surface area contributed by atoms with Crippen molar-refractivity contribution in [3.8, 4) is 22.8 Å². The summed E-state index contributed by atoms with van der Waals surface area (Å²) < 4.78 is 5.81. The lowest BCUT2D eigenvalue weighted by molar-refractivity contribution is 0.483. The van der Waals surface area contributed by atoms with E-state index < -0.39 is 0 Å². The van der Waals surface area contributed by atoms with Gasteiger partial charge in [0.25, 0.3) is 0 Å². The standard InChI is InChI=1S/C17H14N2O/c18-14-6-4-8-16(12-14)20-15-7-3-5-13(11-15)17-9-1-2-10-19-17/h1-12H,18H2. The molecule has 1 aromatic heterocycles. The largest absolute Gasteiger partial charge is 0.457 e. The molecular formula is C17H14N2O. The summed E-state index contributed by atoms with van der Waals surface area (Å²) in [4.78, 5) is 4.34. The Kier molecular flexibility index (Phi) is 3.33. The van der Waals surface area contributed by atoms with Crippen LogP contribution in [-0.4, -0.2) is 4.98 Å². The van der Waals surface area contributed by atoms with Crippen molar-refractivity contribution in [2.45, 2.75) is 0 Å². The fraction of sp³-hybridized carbons (Fsp3) is 0. The van der Waals surface area contributed by atoms with Crippen molar-refractivity contribution in [2.24, 2.45) is 0 Å². The zero-order valence-corrected chi connectivity index (χ0v) is 10.9. The van der Waals surface area contributed by atoms with Crippen LogP contribution in [0.25, 0.3) is 11.3 Å². The monoisotopic (exact) mass is 262 g/mol. The molecule has 0 aliphatic heterocycles. The molecule has 1 heterocycles. The summed E-state index contributed by atoms with van der Waals surface area (Å²) in [5, 5.41) is 0. The SMILES string of the molecule is Nc1cccc(Oc2cccc(-c3ccccn3)c2)c1. The first-order chi connectivity index (χ1) is 9.81. The number of rotatable bonds is 3. The normalized spacial score (nSPS) is 10.2. The predicted molar refractivity (Wildman–Crippen MR) is 80.6 cm³/mol. The zero-order chi connectivity index (χ0) is 13.8. The zero-order valence-electron chi connectivity index (χ0n) is 10.9. The van der Waals surface area contributed by atoms with Gasteiger partial charge in [0.1, 0.15) is 11.5 Å². The number of hydrogen-bond donors (Lipinski definition) is 1. The van der Waals surface area contributed by atoms with E-state index in [0.29, 0.717) is 5.69 Å². The van der Waals surface area contributed by atoms with Crippen LogP contribution >= 0.6 is 0 Å². The molecule has 0 unspecified atom stereocenters. The predicted octanol–water partition coefficient (Wildman–Crippen LogP) is 4.12. The molecule has 98 valence electrons. The molecule has 0 radical (unpaired) electrons. The van der Waals surface area contributed by atoms with Crippen molar-refractivity contribution in [3.63, 3.8) is 0 Å². The summed E-state index contributed by atoms with van der Waals surface area (Å²) in [6, 6.07) is 21.0. The number of nitrogens with two attached hydrogens (primary N) is 1. The van der Waals surface area contributed by atoms with Crippen molar-refractivity contribution >= 4 is 5.69 Å². The van der Waals surface area contributed by atoms with Crippen LogP contribution in [0.5, 0.6) is 11.5 Å². The highest BCUT2D eigenvalue weighted by atomic mass is 16.5. The first-order valence-corrected chi connectivity index (χ1v) is 6.36. The van der Waals surface area contributed by atoms with Gasteiger partial charge in [0.15, 0.2) is 0 Å². The number of hydrogen-bond acceptors (Lipinski definition) is 3. The third kappa shape index (κ3) is 2.78. The van der Waals surface area contributed by atoms with E-state index in [2.05, 4.69) is 4.98 Å². The van der Waals surface area contributed by atoms with E-state index >= 15 is 0 Å². The summed E-state index contributed by atoms with van der Waals surface area (Å²) in [6.45, 7) is 0. The lowest BCUT2D eigenvalue weighted by Gasteiger charge is -2.08. The molecule has 3 rings (SSSR count). The average Bonchev–Trinajstić information content (AvgIpc) is 2.48. The molecule has 0 aliphatic rings. The molecule has 0 atom stereocenters. The number of nitrogen functional groups attached to an aromatic ring is 1. The van der Waals surface area contributed by atoms with Crippen LogP contribution in [0.4, 0.5) is 5.69 Å². The molecule has 3 heteroatoms. The second-order valence-electron chi connectivity index (χ2n) is 4.42. The van der Waals surface area contributed by atoms with E-state index in [0.717, 1.165) is 22.8 Å². The van der Waals surface area contributed by atoms with Crippen molar-refractivity contribution in [2.75, 3.05) is 5.73 Å². The number of ether oxygens (including phenoxy) is 1. The van der Waals surface area contributed by atoms with E-state index in [1.807, 2.05) is 60.7 Å². The van der Waals surface area contributed by atoms with Crippen LogP contribution in [0.15, 0.2) is 72.9 Å². The van der Waals surface area contributed by atoms with Gasteiger partial charge < -0.3 is 10.5 Å². The smallest absolute Gasteiger partial charge is 0.129 e. The third-order valence-electron chi connectivity index (χ3n) is 2.89. The second kappa shape index (κ2) is 5.45.